The van der Waals surface area contributed by atoms with E-state index >= 15 is 0 Å². The van der Waals surface area contributed by atoms with Crippen molar-refractivity contribution in [2.75, 3.05) is 0 Å². The van der Waals surface area contributed by atoms with Gasteiger partial charge in [-0.15, -0.1) is 0 Å². The zero-order chi connectivity index (χ0) is 8.39. The Balaban J connectivity index is 2.33. The summed E-state index contributed by atoms with van der Waals surface area (Å²) in [7, 11) is 3.31. The molecule has 0 aliphatic carbocycles. The lowest BCUT2D eigenvalue weighted by atomic mass is 10.1. The van der Waals surface area contributed by atoms with E-state index in [1.807, 2.05) is 36.4 Å². The normalized spacial score (nSPS) is 19.9. The fourth-order valence-electron chi connectivity index (χ4n) is 1.16. The molecular formula is C10H9O2. The molecule has 1 aliphatic rings. The first-order valence-corrected chi connectivity index (χ1v) is 3.75. The standard InChI is InChI=1S/C10H9O2/c1-11-10-7-6-8-4-2-3-5-9(8)12-10/h2-7,10H,1H2. The minimum absolute atomic E-state index is 0.347. The van der Waals surface area contributed by atoms with Gasteiger partial charge in [0.1, 0.15) is 5.75 Å². The van der Waals surface area contributed by atoms with Crippen molar-refractivity contribution in [3.8, 4) is 5.75 Å². The van der Waals surface area contributed by atoms with Gasteiger partial charge in [0, 0.05) is 5.56 Å². The summed E-state index contributed by atoms with van der Waals surface area (Å²) >= 11 is 0. The van der Waals surface area contributed by atoms with Gasteiger partial charge in [0.15, 0.2) is 0 Å². The van der Waals surface area contributed by atoms with E-state index in [0.29, 0.717) is 0 Å². The number of hydrogen-bond acceptors (Lipinski definition) is 2. The highest BCUT2D eigenvalue weighted by Crippen LogP contribution is 2.25. The molecule has 61 valence electrons. The van der Waals surface area contributed by atoms with Crippen molar-refractivity contribution in [3.05, 3.63) is 43.0 Å². The van der Waals surface area contributed by atoms with Crippen molar-refractivity contribution in [1.82, 2.24) is 0 Å². The lowest BCUT2D eigenvalue weighted by molar-refractivity contribution is 0.00458. The molecule has 0 fully saturated rings. The molecule has 12 heavy (non-hydrogen) atoms. The first-order valence-electron chi connectivity index (χ1n) is 3.75. The van der Waals surface area contributed by atoms with Crippen molar-refractivity contribution in [2.45, 2.75) is 6.29 Å². The predicted octanol–water partition coefficient (Wildman–Crippen LogP) is 2.23. The van der Waals surface area contributed by atoms with Crippen LogP contribution in [-0.4, -0.2) is 6.29 Å². The Labute approximate surface area is 71.4 Å². The number of para-hydroxylation sites is 1. The molecule has 0 bridgehead atoms. The molecular weight excluding hydrogens is 152 g/mol. The van der Waals surface area contributed by atoms with Gasteiger partial charge in [-0.2, -0.15) is 0 Å². The van der Waals surface area contributed by atoms with Gasteiger partial charge < -0.3 is 9.47 Å². The Bertz CT molecular complexity index is 304. The molecule has 1 aromatic rings. The Morgan fingerprint density at radius 3 is 3.00 bits per heavy atom. The topological polar surface area (TPSA) is 18.5 Å². The van der Waals surface area contributed by atoms with E-state index in [1.54, 1.807) is 0 Å². The third-order valence-corrected chi connectivity index (χ3v) is 1.76. The fourth-order valence-corrected chi connectivity index (χ4v) is 1.16. The third kappa shape index (κ3) is 1.21. The van der Waals surface area contributed by atoms with Crippen LogP contribution in [0.25, 0.3) is 6.08 Å². The Kier molecular flexibility index (Phi) is 1.84. The van der Waals surface area contributed by atoms with Crippen LogP contribution in [0.3, 0.4) is 0 Å². The van der Waals surface area contributed by atoms with Gasteiger partial charge in [-0.3, -0.25) is 0 Å². The molecule has 1 unspecified atom stereocenters. The van der Waals surface area contributed by atoms with Crippen molar-refractivity contribution >= 4 is 6.08 Å². The van der Waals surface area contributed by atoms with Gasteiger partial charge in [-0.1, -0.05) is 18.2 Å². The zero-order valence-electron chi connectivity index (χ0n) is 6.57. The van der Waals surface area contributed by atoms with Crippen LogP contribution in [-0.2, 0) is 4.74 Å². The molecule has 0 amide bonds. The SMILES string of the molecule is [CH2]OC1C=Cc2ccccc2O1. The van der Waals surface area contributed by atoms with Crippen LogP contribution in [0.1, 0.15) is 5.56 Å². The maximum absolute atomic E-state index is 5.41. The van der Waals surface area contributed by atoms with E-state index in [2.05, 4.69) is 7.11 Å². The number of fused-ring (bicyclic) bond motifs is 1. The summed E-state index contributed by atoms with van der Waals surface area (Å²) in [6.07, 6.45) is 3.45. The van der Waals surface area contributed by atoms with E-state index in [0.717, 1.165) is 11.3 Å². The molecule has 0 saturated heterocycles. The molecule has 1 atom stereocenters. The van der Waals surface area contributed by atoms with E-state index in [-0.39, 0.29) is 6.29 Å². The predicted molar refractivity (Wildman–Crippen MR) is 46.3 cm³/mol. The quantitative estimate of drug-likeness (QED) is 0.628. The Hall–Kier alpha value is -1.28. The van der Waals surface area contributed by atoms with Crippen molar-refractivity contribution in [1.29, 1.82) is 0 Å². The van der Waals surface area contributed by atoms with Crippen molar-refractivity contribution in [3.63, 3.8) is 0 Å². The van der Waals surface area contributed by atoms with Crippen molar-refractivity contribution < 1.29 is 9.47 Å². The van der Waals surface area contributed by atoms with Gasteiger partial charge in [0.2, 0.25) is 6.29 Å². The van der Waals surface area contributed by atoms with E-state index in [1.165, 1.54) is 0 Å². The summed E-state index contributed by atoms with van der Waals surface area (Å²) in [6, 6.07) is 7.80. The molecule has 0 saturated carbocycles. The van der Waals surface area contributed by atoms with Crippen molar-refractivity contribution in [2.24, 2.45) is 0 Å². The van der Waals surface area contributed by atoms with Crippen LogP contribution in [0, 0.1) is 7.11 Å². The second-order valence-electron chi connectivity index (χ2n) is 2.55. The third-order valence-electron chi connectivity index (χ3n) is 1.76. The molecule has 1 heterocycles. The lowest BCUT2D eigenvalue weighted by Crippen LogP contribution is -2.17. The molecule has 2 rings (SSSR count). The second-order valence-corrected chi connectivity index (χ2v) is 2.55. The van der Waals surface area contributed by atoms with Gasteiger partial charge in [0.05, 0.1) is 7.11 Å². The molecule has 2 nitrogen and oxygen atoms in total. The maximum Gasteiger partial charge on any atom is 0.220 e. The highest BCUT2D eigenvalue weighted by molar-refractivity contribution is 5.59. The molecule has 0 spiro atoms. The Morgan fingerprint density at radius 2 is 2.17 bits per heavy atom. The van der Waals surface area contributed by atoms with Crippen LogP contribution < -0.4 is 4.74 Å². The smallest absolute Gasteiger partial charge is 0.220 e. The first kappa shape index (κ1) is 7.37. The summed E-state index contributed by atoms with van der Waals surface area (Å²) < 4.78 is 10.2. The van der Waals surface area contributed by atoms with Crippen LogP contribution in [0.2, 0.25) is 0 Å². The van der Waals surface area contributed by atoms with Crippen LogP contribution >= 0.6 is 0 Å². The largest absolute Gasteiger partial charge is 0.461 e. The minimum atomic E-state index is -0.347. The minimum Gasteiger partial charge on any atom is -0.461 e. The highest BCUT2D eigenvalue weighted by atomic mass is 16.7. The fraction of sp³-hybridized carbons (Fsp3) is 0.100. The summed E-state index contributed by atoms with van der Waals surface area (Å²) in [5.74, 6) is 0.841. The number of ether oxygens (including phenoxy) is 2. The summed E-state index contributed by atoms with van der Waals surface area (Å²) in [4.78, 5) is 0. The van der Waals surface area contributed by atoms with E-state index in [4.69, 9.17) is 9.47 Å². The van der Waals surface area contributed by atoms with Gasteiger partial charge in [-0.05, 0) is 18.2 Å². The van der Waals surface area contributed by atoms with E-state index < -0.39 is 0 Å². The highest BCUT2D eigenvalue weighted by Gasteiger charge is 2.11. The number of rotatable bonds is 1. The molecule has 0 aromatic heterocycles. The van der Waals surface area contributed by atoms with Crippen LogP contribution in [0.4, 0.5) is 0 Å². The van der Waals surface area contributed by atoms with Crippen LogP contribution in [0.15, 0.2) is 30.3 Å². The van der Waals surface area contributed by atoms with Crippen LogP contribution in [0.5, 0.6) is 5.75 Å². The molecule has 0 N–H and O–H groups in total. The Morgan fingerprint density at radius 1 is 1.33 bits per heavy atom. The molecule has 2 heteroatoms. The summed E-state index contributed by atoms with van der Waals surface area (Å²) in [5.41, 5.74) is 1.07. The van der Waals surface area contributed by atoms with Gasteiger partial charge >= 0.3 is 0 Å². The maximum atomic E-state index is 5.41. The second kappa shape index (κ2) is 2.99. The number of hydrogen-bond donors (Lipinski definition) is 0. The summed E-state index contributed by atoms with van der Waals surface area (Å²) in [6.45, 7) is 0. The molecule has 1 radical (unpaired) electrons. The van der Waals surface area contributed by atoms with Gasteiger partial charge in [-0.25, -0.2) is 0 Å². The van der Waals surface area contributed by atoms with E-state index in [9.17, 15) is 0 Å². The average Bonchev–Trinajstić information content (AvgIpc) is 2.17. The lowest BCUT2D eigenvalue weighted by Gasteiger charge is -2.19. The first-order chi connectivity index (χ1) is 5.90. The van der Waals surface area contributed by atoms with Gasteiger partial charge in [0.25, 0.3) is 0 Å². The monoisotopic (exact) mass is 161 g/mol. The molecule has 1 aromatic carbocycles. The zero-order valence-corrected chi connectivity index (χ0v) is 6.57. The number of benzene rings is 1. The summed E-state index contributed by atoms with van der Waals surface area (Å²) in [5, 5.41) is 0. The average molecular weight is 161 g/mol. The molecule has 1 aliphatic heterocycles.